The van der Waals surface area contributed by atoms with Gasteiger partial charge < -0.3 is 0 Å². The van der Waals surface area contributed by atoms with Gasteiger partial charge in [-0.3, -0.25) is 0 Å². The summed E-state index contributed by atoms with van der Waals surface area (Å²) in [7, 11) is 0. The molecule has 0 heterocycles. The van der Waals surface area contributed by atoms with Crippen molar-refractivity contribution in [1.29, 1.82) is 0 Å². The molecule has 0 heteroatoms. The van der Waals surface area contributed by atoms with Crippen LogP contribution in [0.4, 0.5) is 0 Å². The van der Waals surface area contributed by atoms with E-state index in [0.717, 1.165) is 0 Å². The van der Waals surface area contributed by atoms with Crippen LogP contribution in [0.15, 0.2) is 30.3 Å². The Bertz CT molecular complexity index is 375. The highest BCUT2D eigenvalue weighted by Gasteiger charge is 2.12. The van der Waals surface area contributed by atoms with E-state index in [0.29, 0.717) is 5.92 Å². The van der Waals surface area contributed by atoms with E-state index in [1.54, 1.807) is 0 Å². The van der Waals surface area contributed by atoms with Gasteiger partial charge in [0.1, 0.15) is 0 Å². The van der Waals surface area contributed by atoms with Crippen LogP contribution in [0.5, 0.6) is 0 Å². The number of rotatable bonds is 0. The molecule has 0 bridgehead atoms. The Labute approximate surface area is 72.9 Å². The fourth-order valence-electron chi connectivity index (χ4n) is 1.53. The number of hydrogen-bond acceptors (Lipinski definition) is 0. The van der Waals surface area contributed by atoms with E-state index in [1.165, 1.54) is 11.1 Å². The van der Waals surface area contributed by atoms with E-state index in [1.807, 2.05) is 6.92 Å². The fourth-order valence-corrected chi connectivity index (χ4v) is 1.53. The molecule has 1 aromatic rings. The lowest BCUT2D eigenvalue weighted by atomic mass is 10.0. The second-order valence-corrected chi connectivity index (χ2v) is 2.86. The van der Waals surface area contributed by atoms with E-state index in [9.17, 15) is 0 Å². The zero-order chi connectivity index (χ0) is 8.39. The lowest BCUT2D eigenvalue weighted by Gasteiger charge is -2.01. The van der Waals surface area contributed by atoms with Crippen LogP contribution in [0, 0.1) is 11.8 Å². The first-order valence-corrected chi connectivity index (χ1v) is 4.11. The summed E-state index contributed by atoms with van der Waals surface area (Å²) in [6, 6.07) is 8.40. The average molecular weight is 154 g/mol. The van der Waals surface area contributed by atoms with Crippen LogP contribution < -0.4 is 0 Å². The van der Waals surface area contributed by atoms with Crippen molar-refractivity contribution in [3.8, 4) is 11.8 Å². The molecule has 0 aromatic heterocycles. The Balaban J connectivity index is 2.46. The van der Waals surface area contributed by atoms with E-state index in [-0.39, 0.29) is 0 Å². The number of hydrogen-bond donors (Lipinski definition) is 0. The molecule has 0 N–H and O–H groups in total. The van der Waals surface area contributed by atoms with Crippen LogP contribution in [0.2, 0.25) is 0 Å². The van der Waals surface area contributed by atoms with E-state index < -0.39 is 0 Å². The molecule has 0 aliphatic heterocycles. The normalized spacial score (nSPS) is 18.2. The van der Waals surface area contributed by atoms with Crippen molar-refractivity contribution in [1.82, 2.24) is 0 Å². The summed E-state index contributed by atoms with van der Waals surface area (Å²) < 4.78 is 0. The van der Waals surface area contributed by atoms with Gasteiger partial charge in [0.25, 0.3) is 0 Å². The minimum absolute atomic E-state index is 0.325. The third-order valence-electron chi connectivity index (χ3n) is 2.10. The molecule has 0 fully saturated rings. The number of allylic oxidation sites excluding steroid dienone is 1. The summed E-state index contributed by atoms with van der Waals surface area (Å²) in [4.78, 5) is 0. The summed E-state index contributed by atoms with van der Waals surface area (Å²) in [5, 5.41) is 0. The molecule has 1 aromatic carbocycles. The average Bonchev–Trinajstić information content (AvgIpc) is 2.50. The van der Waals surface area contributed by atoms with Gasteiger partial charge in [-0.15, -0.1) is 5.92 Å². The molecule has 1 aliphatic carbocycles. The van der Waals surface area contributed by atoms with Crippen LogP contribution in [0.1, 0.15) is 24.0 Å². The molecular formula is C12H10. The highest BCUT2D eigenvalue weighted by molar-refractivity contribution is 5.64. The largest absolute Gasteiger partial charge is 0.106 e. The van der Waals surface area contributed by atoms with E-state index in [4.69, 9.17) is 0 Å². The van der Waals surface area contributed by atoms with Gasteiger partial charge in [0, 0.05) is 0 Å². The Hall–Kier alpha value is -1.48. The van der Waals surface area contributed by atoms with Crippen LogP contribution in [-0.4, -0.2) is 0 Å². The first kappa shape index (κ1) is 7.18. The Morgan fingerprint density at radius 3 is 2.92 bits per heavy atom. The molecular weight excluding hydrogens is 144 g/mol. The predicted molar refractivity (Wildman–Crippen MR) is 51.7 cm³/mol. The molecule has 0 spiro atoms. The standard InChI is InChI=1S/C12H10/c1-2-5-10-8-9-11-6-3-4-7-12(10)11/h3-4,6-10H,1H3. The van der Waals surface area contributed by atoms with E-state index in [2.05, 4.69) is 48.3 Å². The molecule has 0 saturated carbocycles. The lowest BCUT2D eigenvalue weighted by molar-refractivity contribution is 1.16. The Morgan fingerprint density at radius 2 is 2.08 bits per heavy atom. The fraction of sp³-hybridized carbons (Fsp3) is 0.167. The van der Waals surface area contributed by atoms with Gasteiger partial charge in [-0.2, -0.15) is 0 Å². The van der Waals surface area contributed by atoms with Crippen LogP contribution in [0.25, 0.3) is 6.08 Å². The van der Waals surface area contributed by atoms with Crippen molar-refractivity contribution in [3.05, 3.63) is 41.5 Å². The monoisotopic (exact) mass is 154 g/mol. The van der Waals surface area contributed by atoms with Crippen molar-refractivity contribution >= 4 is 6.08 Å². The smallest absolute Gasteiger partial charge is 0.0641 e. The van der Waals surface area contributed by atoms with Crippen molar-refractivity contribution < 1.29 is 0 Å². The maximum absolute atomic E-state index is 3.16. The zero-order valence-corrected chi connectivity index (χ0v) is 7.04. The van der Waals surface area contributed by atoms with Crippen molar-refractivity contribution in [3.63, 3.8) is 0 Å². The van der Waals surface area contributed by atoms with Crippen molar-refractivity contribution in [2.45, 2.75) is 12.8 Å². The molecule has 1 aliphatic rings. The summed E-state index contributed by atoms with van der Waals surface area (Å²) in [6.45, 7) is 1.88. The van der Waals surface area contributed by atoms with Crippen molar-refractivity contribution in [2.24, 2.45) is 0 Å². The van der Waals surface area contributed by atoms with Gasteiger partial charge in [-0.25, -0.2) is 0 Å². The van der Waals surface area contributed by atoms with Gasteiger partial charge in [-0.1, -0.05) is 42.3 Å². The molecule has 0 radical (unpaired) electrons. The van der Waals surface area contributed by atoms with Crippen molar-refractivity contribution in [2.75, 3.05) is 0 Å². The molecule has 2 rings (SSSR count). The zero-order valence-electron chi connectivity index (χ0n) is 7.04. The van der Waals surface area contributed by atoms with Crippen LogP contribution >= 0.6 is 0 Å². The third-order valence-corrected chi connectivity index (χ3v) is 2.10. The highest BCUT2D eigenvalue weighted by atomic mass is 14.2. The summed E-state index contributed by atoms with van der Waals surface area (Å²) in [6.07, 6.45) is 4.30. The highest BCUT2D eigenvalue weighted by Crippen LogP contribution is 2.28. The molecule has 1 unspecified atom stereocenters. The molecule has 1 atom stereocenters. The first-order valence-electron chi connectivity index (χ1n) is 4.11. The van der Waals surface area contributed by atoms with Gasteiger partial charge in [0.05, 0.1) is 5.92 Å². The third kappa shape index (κ3) is 1.04. The maximum Gasteiger partial charge on any atom is 0.0641 e. The predicted octanol–water partition coefficient (Wildman–Crippen LogP) is 2.82. The second kappa shape index (κ2) is 2.87. The van der Waals surface area contributed by atoms with Gasteiger partial charge in [-0.05, 0) is 18.1 Å². The maximum atomic E-state index is 3.16. The van der Waals surface area contributed by atoms with Gasteiger partial charge >= 0.3 is 0 Å². The number of benzene rings is 1. The Morgan fingerprint density at radius 1 is 1.25 bits per heavy atom. The molecule has 12 heavy (non-hydrogen) atoms. The molecule has 0 amide bonds. The minimum Gasteiger partial charge on any atom is -0.106 e. The lowest BCUT2D eigenvalue weighted by Crippen LogP contribution is -1.87. The quantitative estimate of drug-likeness (QED) is 0.504. The summed E-state index contributed by atoms with van der Waals surface area (Å²) >= 11 is 0. The van der Waals surface area contributed by atoms with Crippen LogP contribution in [-0.2, 0) is 0 Å². The topological polar surface area (TPSA) is 0 Å². The Kier molecular flexibility index (Phi) is 1.72. The molecule has 58 valence electrons. The van der Waals surface area contributed by atoms with Gasteiger partial charge in [0.2, 0.25) is 0 Å². The van der Waals surface area contributed by atoms with E-state index >= 15 is 0 Å². The van der Waals surface area contributed by atoms with Crippen LogP contribution in [0.3, 0.4) is 0 Å². The minimum atomic E-state index is 0.325. The molecule has 0 saturated heterocycles. The number of fused-ring (bicyclic) bond motifs is 1. The summed E-state index contributed by atoms with van der Waals surface area (Å²) in [5.41, 5.74) is 2.65. The summed E-state index contributed by atoms with van der Waals surface area (Å²) in [5.74, 6) is 6.44. The van der Waals surface area contributed by atoms with Gasteiger partial charge in [0.15, 0.2) is 0 Å². The second-order valence-electron chi connectivity index (χ2n) is 2.86. The first-order chi connectivity index (χ1) is 5.92. The molecule has 0 nitrogen and oxygen atoms in total. The SMILES string of the molecule is CC#CC1C=Cc2ccccc21.